The first-order valence-electron chi connectivity index (χ1n) is 5.24. The van der Waals surface area contributed by atoms with Crippen molar-refractivity contribution in [2.75, 3.05) is 7.11 Å². The fourth-order valence-corrected chi connectivity index (χ4v) is 1.47. The van der Waals surface area contributed by atoms with Gasteiger partial charge in [-0.3, -0.25) is 0 Å². The topological polar surface area (TPSA) is 61.6 Å². The van der Waals surface area contributed by atoms with Crippen molar-refractivity contribution in [3.63, 3.8) is 0 Å². The zero-order valence-corrected chi connectivity index (χ0v) is 9.67. The lowest BCUT2D eigenvalue weighted by Crippen LogP contribution is -2.12. The molecule has 1 aliphatic carbocycles. The number of allylic oxidation sites excluding steroid dienone is 1. The second kappa shape index (κ2) is 4.97. The Hall–Kier alpha value is -1.88. The molecule has 1 heterocycles. The van der Waals surface area contributed by atoms with Crippen LogP contribution in [0.1, 0.15) is 22.8 Å². The number of esters is 1. The zero-order valence-electron chi connectivity index (χ0n) is 9.67. The van der Waals surface area contributed by atoms with E-state index in [2.05, 4.69) is 4.98 Å². The van der Waals surface area contributed by atoms with Gasteiger partial charge in [-0.25, -0.2) is 9.78 Å². The number of oxazole rings is 1. The van der Waals surface area contributed by atoms with Gasteiger partial charge in [0.1, 0.15) is 12.0 Å². The van der Waals surface area contributed by atoms with Gasteiger partial charge in [-0.15, -0.1) is 0 Å². The molecule has 0 aromatic carbocycles. The second-order valence-corrected chi connectivity index (χ2v) is 3.62. The fourth-order valence-electron chi connectivity index (χ4n) is 1.47. The van der Waals surface area contributed by atoms with E-state index in [4.69, 9.17) is 13.9 Å². The van der Waals surface area contributed by atoms with E-state index in [1.54, 1.807) is 26.2 Å². The molecule has 5 nitrogen and oxygen atoms in total. The highest BCUT2D eigenvalue weighted by Gasteiger charge is 2.16. The highest BCUT2D eigenvalue weighted by Crippen LogP contribution is 2.15. The summed E-state index contributed by atoms with van der Waals surface area (Å²) in [6.45, 7) is 1.66. The zero-order chi connectivity index (χ0) is 12.3. The first-order valence-corrected chi connectivity index (χ1v) is 5.24. The van der Waals surface area contributed by atoms with E-state index >= 15 is 0 Å². The molecule has 5 heteroatoms. The van der Waals surface area contributed by atoms with Gasteiger partial charge in [-0.1, -0.05) is 6.08 Å². The summed E-state index contributed by atoms with van der Waals surface area (Å²) in [7, 11) is 1.61. The van der Waals surface area contributed by atoms with Crippen LogP contribution in [-0.2, 0) is 9.47 Å². The molecule has 0 spiro atoms. The third-order valence-electron chi connectivity index (χ3n) is 2.34. The lowest BCUT2D eigenvalue weighted by Gasteiger charge is -2.14. The average Bonchev–Trinajstić information content (AvgIpc) is 2.76. The SMILES string of the molecule is CO[C@@H]1C=C(OC(=O)c2coc(C)n2)C=CC1. The van der Waals surface area contributed by atoms with Gasteiger partial charge in [-0.05, 0) is 18.6 Å². The molecule has 0 saturated carbocycles. The van der Waals surface area contributed by atoms with Crippen LogP contribution in [0.5, 0.6) is 0 Å². The quantitative estimate of drug-likeness (QED) is 0.750. The van der Waals surface area contributed by atoms with Crippen molar-refractivity contribution in [2.45, 2.75) is 19.4 Å². The van der Waals surface area contributed by atoms with Crippen molar-refractivity contribution < 1.29 is 18.7 Å². The number of methoxy groups -OCH3 is 1. The molecule has 0 amide bonds. The van der Waals surface area contributed by atoms with Gasteiger partial charge in [0, 0.05) is 14.0 Å². The summed E-state index contributed by atoms with van der Waals surface area (Å²) in [5, 5.41) is 0. The Labute approximate surface area is 98.7 Å². The molecule has 1 aromatic rings. The molecule has 1 aliphatic rings. The molecular weight excluding hydrogens is 222 g/mol. The monoisotopic (exact) mass is 235 g/mol. The van der Waals surface area contributed by atoms with E-state index in [0.29, 0.717) is 11.6 Å². The molecule has 17 heavy (non-hydrogen) atoms. The number of rotatable bonds is 3. The minimum Gasteiger partial charge on any atom is -0.448 e. The highest BCUT2D eigenvalue weighted by atomic mass is 16.5. The molecule has 2 rings (SSSR count). The summed E-state index contributed by atoms with van der Waals surface area (Å²) in [6.07, 6.45) is 7.39. The smallest absolute Gasteiger partial charge is 0.365 e. The molecule has 0 fully saturated rings. The van der Waals surface area contributed by atoms with E-state index in [1.807, 2.05) is 6.08 Å². The second-order valence-electron chi connectivity index (χ2n) is 3.62. The van der Waals surface area contributed by atoms with Crippen LogP contribution < -0.4 is 0 Å². The predicted octanol–water partition coefficient (Wildman–Crippen LogP) is 2.00. The highest BCUT2D eigenvalue weighted by molar-refractivity contribution is 5.87. The van der Waals surface area contributed by atoms with Crippen LogP contribution in [0, 0.1) is 6.92 Å². The number of carbonyl (C=O) groups is 1. The lowest BCUT2D eigenvalue weighted by atomic mass is 10.1. The van der Waals surface area contributed by atoms with E-state index in [0.717, 1.165) is 6.42 Å². The summed E-state index contributed by atoms with van der Waals surface area (Å²) in [5.41, 5.74) is 0.163. The number of ether oxygens (including phenoxy) is 2. The van der Waals surface area contributed by atoms with Crippen LogP contribution >= 0.6 is 0 Å². The Kier molecular flexibility index (Phi) is 3.39. The molecule has 0 radical (unpaired) electrons. The molecule has 0 unspecified atom stereocenters. The van der Waals surface area contributed by atoms with Crippen molar-refractivity contribution in [3.05, 3.63) is 41.8 Å². The van der Waals surface area contributed by atoms with E-state index < -0.39 is 5.97 Å². The fraction of sp³-hybridized carbons (Fsp3) is 0.333. The summed E-state index contributed by atoms with van der Waals surface area (Å²) in [4.78, 5) is 15.6. The Balaban J connectivity index is 2.04. The Morgan fingerprint density at radius 3 is 3.06 bits per heavy atom. The van der Waals surface area contributed by atoms with Gasteiger partial charge in [-0.2, -0.15) is 0 Å². The first-order chi connectivity index (χ1) is 8.19. The van der Waals surface area contributed by atoms with E-state index in [-0.39, 0.29) is 11.8 Å². The summed E-state index contributed by atoms with van der Waals surface area (Å²) >= 11 is 0. The molecule has 0 aliphatic heterocycles. The van der Waals surface area contributed by atoms with E-state index in [1.165, 1.54) is 6.26 Å². The van der Waals surface area contributed by atoms with Crippen LogP contribution in [-0.4, -0.2) is 24.2 Å². The molecule has 0 bridgehead atoms. The van der Waals surface area contributed by atoms with Crippen molar-refractivity contribution in [2.24, 2.45) is 0 Å². The van der Waals surface area contributed by atoms with Crippen LogP contribution in [0.4, 0.5) is 0 Å². The Morgan fingerprint density at radius 2 is 2.41 bits per heavy atom. The van der Waals surface area contributed by atoms with Gasteiger partial charge < -0.3 is 13.9 Å². The number of nitrogens with zero attached hydrogens (tertiary/aromatic N) is 1. The molecule has 0 N–H and O–H groups in total. The third kappa shape index (κ3) is 2.82. The van der Waals surface area contributed by atoms with Crippen LogP contribution in [0.2, 0.25) is 0 Å². The van der Waals surface area contributed by atoms with Crippen molar-refractivity contribution in [1.29, 1.82) is 0 Å². The van der Waals surface area contributed by atoms with Crippen molar-refractivity contribution in [1.82, 2.24) is 4.98 Å². The molecular formula is C12H13NO4. The maximum absolute atomic E-state index is 11.7. The Bertz CT molecular complexity index is 473. The van der Waals surface area contributed by atoms with Gasteiger partial charge in [0.05, 0.1) is 6.10 Å². The van der Waals surface area contributed by atoms with Gasteiger partial charge in [0.2, 0.25) is 0 Å². The molecule has 0 saturated heterocycles. The van der Waals surface area contributed by atoms with Crippen LogP contribution in [0.3, 0.4) is 0 Å². The minimum atomic E-state index is -0.533. The van der Waals surface area contributed by atoms with Gasteiger partial charge in [0.25, 0.3) is 0 Å². The van der Waals surface area contributed by atoms with Gasteiger partial charge >= 0.3 is 5.97 Å². The first kappa shape index (κ1) is 11.6. The number of aromatic nitrogens is 1. The summed E-state index contributed by atoms with van der Waals surface area (Å²) < 4.78 is 15.3. The number of aryl methyl sites for hydroxylation is 1. The predicted molar refractivity (Wildman–Crippen MR) is 59.3 cm³/mol. The Morgan fingerprint density at radius 1 is 1.59 bits per heavy atom. The van der Waals surface area contributed by atoms with E-state index in [9.17, 15) is 4.79 Å². The summed E-state index contributed by atoms with van der Waals surface area (Å²) in [5.74, 6) is 0.364. The lowest BCUT2D eigenvalue weighted by molar-refractivity contribution is 0.0617. The molecule has 90 valence electrons. The van der Waals surface area contributed by atoms with Crippen molar-refractivity contribution >= 4 is 5.97 Å². The van der Waals surface area contributed by atoms with Gasteiger partial charge in [0.15, 0.2) is 11.6 Å². The normalized spacial score (nSPS) is 18.9. The molecule has 1 atom stereocenters. The summed E-state index contributed by atoms with van der Waals surface area (Å²) in [6, 6.07) is 0. The standard InChI is InChI=1S/C12H13NO4/c1-8-13-11(7-16-8)12(14)17-10-5-3-4-9(6-10)15-2/h3,5-7,9H,4H2,1-2H3/t9-/m0/s1. The number of carbonyl (C=O) groups excluding carboxylic acids is 1. The maximum atomic E-state index is 11.7. The largest absolute Gasteiger partial charge is 0.448 e. The number of hydrogen-bond donors (Lipinski definition) is 0. The minimum absolute atomic E-state index is 0.0538. The average molecular weight is 235 g/mol. The maximum Gasteiger partial charge on any atom is 0.365 e. The number of hydrogen-bond acceptors (Lipinski definition) is 5. The molecule has 1 aromatic heterocycles. The van der Waals surface area contributed by atoms with Crippen LogP contribution in [0.25, 0.3) is 0 Å². The third-order valence-corrected chi connectivity index (χ3v) is 2.34. The van der Waals surface area contributed by atoms with Crippen molar-refractivity contribution in [3.8, 4) is 0 Å². The van der Waals surface area contributed by atoms with Crippen LogP contribution in [0.15, 0.2) is 34.7 Å².